The van der Waals surface area contributed by atoms with Crippen molar-refractivity contribution < 1.29 is 9.13 Å². The predicted octanol–water partition coefficient (Wildman–Crippen LogP) is 2.07. The van der Waals surface area contributed by atoms with Gasteiger partial charge in [-0.15, -0.1) is 0 Å². The Labute approximate surface area is 118 Å². The molecule has 5 heteroatoms. The molecule has 1 fully saturated rings. The van der Waals surface area contributed by atoms with Gasteiger partial charge in [0.15, 0.2) is 0 Å². The molecule has 2 N–H and O–H groups in total. The highest BCUT2D eigenvalue weighted by atomic mass is 35.5. The van der Waals surface area contributed by atoms with Crippen LogP contribution in [0.4, 0.5) is 4.39 Å². The van der Waals surface area contributed by atoms with E-state index in [2.05, 4.69) is 11.8 Å². The molecule has 1 aliphatic rings. The number of hydrogen-bond acceptors (Lipinski definition) is 3. The Hall–Kier alpha value is -0.680. The van der Waals surface area contributed by atoms with Crippen molar-refractivity contribution in [2.45, 2.75) is 25.5 Å². The Morgan fingerprint density at radius 3 is 3.11 bits per heavy atom. The van der Waals surface area contributed by atoms with Crippen LogP contribution < -0.4 is 5.73 Å². The van der Waals surface area contributed by atoms with Gasteiger partial charge >= 0.3 is 0 Å². The lowest BCUT2D eigenvalue weighted by Gasteiger charge is -2.35. The molecule has 1 aromatic carbocycles. The van der Waals surface area contributed by atoms with Crippen LogP contribution in [-0.4, -0.2) is 43.3 Å². The zero-order valence-electron chi connectivity index (χ0n) is 11.1. The fourth-order valence-corrected chi connectivity index (χ4v) is 2.57. The molecule has 1 aromatic rings. The fraction of sp³-hybridized carbons (Fsp3) is 0.571. The van der Waals surface area contributed by atoms with Gasteiger partial charge in [0, 0.05) is 19.1 Å². The SMILES string of the molecule is CCN1CCOC(C(N)Cc2cccc(F)c2Cl)C1. The molecule has 19 heavy (non-hydrogen) atoms. The molecule has 1 heterocycles. The maximum Gasteiger partial charge on any atom is 0.142 e. The first-order chi connectivity index (χ1) is 9.11. The summed E-state index contributed by atoms with van der Waals surface area (Å²) in [4.78, 5) is 2.31. The molecular formula is C14H20ClFN2O. The molecule has 0 aromatic heterocycles. The number of nitrogens with zero attached hydrogens (tertiary/aromatic N) is 1. The Morgan fingerprint density at radius 2 is 2.37 bits per heavy atom. The van der Waals surface area contributed by atoms with Gasteiger partial charge in [0.05, 0.1) is 17.7 Å². The smallest absolute Gasteiger partial charge is 0.142 e. The zero-order chi connectivity index (χ0) is 13.8. The first kappa shape index (κ1) is 14.7. The van der Waals surface area contributed by atoms with Gasteiger partial charge in [0.2, 0.25) is 0 Å². The molecule has 0 spiro atoms. The number of nitrogens with two attached hydrogens (primary N) is 1. The van der Waals surface area contributed by atoms with Gasteiger partial charge in [-0.05, 0) is 24.6 Å². The maximum atomic E-state index is 13.4. The molecule has 1 aliphatic heterocycles. The van der Waals surface area contributed by atoms with E-state index in [1.807, 2.05) is 6.07 Å². The number of likely N-dealkylation sites (N-methyl/N-ethyl adjacent to an activating group) is 1. The van der Waals surface area contributed by atoms with Gasteiger partial charge in [-0.25, -0.2) is 4.39 Å². The first-order valence-corrected chi connectivity index (χ1v) is 7.02. The quantitative estimate of drug-likeness (QED) is 0.921. The van der Waals surface area contributed by atoms with E-state index in [1.165, 1.54) is 6.07 Å². The van der Waals surface area contributed by atoms with Crippen molar-refractivity contribution in [2.75, 3.05) is 26.2 Å². The minimum absolute atomic E-state index is 0.0203. The Bertz CT molecular complexity index is 430. The van der Waals surface area contributed by atoms with E-state index in [9.17, 15) is 4.39 Å². The van der Waals surface area contributed by atoms with E-state index in [1.54, 1.807) is 6.07 Å². The van der Waals surface area contributed by atoms with Crippen LogP contribution in [0.3, 0.4) is 0 Å². The molecule has 2 atom stereocenters. The van der Waals surface area contributed by atoms with Gasteiger partial charge < -0.3 is 10.5 Å². The lowest BCUT2D eigenvalue weighted by molar-refractivity contribution is -0.0385. The molecule has 3 nitrogen and oxygen atoms in total. The molecule has 2 unspecified atom stereocenters. The summed E-state index contributed by atoms with van der Waals surface area (Å²) >= 11 is 5.95. The first-order valence-electron chi connectivity index (χ1n) is 6.64. The largest absolute Gasteiger partial charge is 0.374 e. The van der Waals surface area contributed by atoms with Crippen molar-refractivity contribution in [1.29, 1.82) is 0 Å². The Kier molecular flexibility index (Phi) is 5.16. The normalized spacial score (nSPS) is 22.4. The number of morpholine rings is 1. The molecule has 0 bridgehead atoms. The van der Waals surface area contributed by atoms with Crippen molar-refractivity contribution >= 4 is 11.6 Å². The molecular weight excluding hydrogens is 267 g/mol. The van der Waals surface area contributed by atoms with Crippen LogP contribution >= 0.6 is 11.6 Å². The van der Waals surface area contributed by atoms with Crippen LogP contribution in [0, 0.1) is 5.82 Å². The van der Waals surface area contributed by atoms with Crippen molar-refractivity contribution in [3.05, 3.63) is 34.6 Å². The standard InChI is InChI=1S/C14H20ClFN2O/c1-2-18-6-7-19-13(9-18)12(17)8-10-4-3-5-11(16)14(10)15/h3-5,12-13H,2,6-9,17H2,1H3. The molecule has 0 aliphatic carbocycles. The average molecular weight is 287 g/mol. The van der Waals surface area contributed by atoms with Crippen molar-refractivity contribution in [1.82, 2.24) is 4.90 Å². The minimum atomic E-state index is -0.397. The molecule has 106 valence electrons. The zero-order valence-corrected chi connectivity index (χ0v) is 11.9. The summed E-state index contributed by atoms with van der Waals surface area (Å²) in [6.45, 7) is 5.58. The third-order valence-corrected chi connectivity index (χ3v) is 4.01. The summed E-state index contributed by atoms with van der Waals surface area (Å²) in [6, 6.07) is 4.65. The van der Waals surface area contributed by atoms with Crippen molar-refractivity contribution in [2.24, 2.45) is 5.73 Å². The van der Waals surface area contributed by atoms with Crippen LogP contribution in [0.25, 0.3) is 0 Å². The highest BCUT2D eigenvalue weighted by Gasteiger charge is 2.25. The fourth-order valence-electron chi connectivity index (χ4n) is 2.37. The topological polar surface area (TPSA) is 38.5 Å². The minimum Gasteiger partial charge on any atom is -0.374 e. The van der Waals surface area contributed by atoms with E-state index < -0.39 is 5.82 Å². The molecule has 2 rings (SSSR count). The van der Waals surface area contributed by atoms with Gasteiger partial charge in [-0.2, -0.15) is 0 Å². The highest BCUT2D eigenvalue weighted by molar-refractivity contribution is 6.31. The van der Waals surface area contributed by atoms with E-state index >= 15 is 0 Å². The van der Waals surface area contributed by atoms with Gasteiger partial charge in [0.25, 0.3) is 0 Å². The predicted molar refractivity (Wildman–Crippen MR) is 74.9 cm³/mol. The summed E-state index contributed by atoms with van der Waals surface area (Å²) in [5, 5.41) is 0.168. The Morgan fingerprint density at radius 1 is 1.58 bits per heavy atom. The van der Waals surface area contributed by atoms with E-state index in [-0.39, 0.29) is 17.2 Å². The third-order valence-electron chi connectivity index (χ3n) is 3.59. The monoisotopic (exact) mass is 286 g/mol. The van der Waals surface area contributed by atoms with Gasteiger partial charge in [-0.1, -0.05) is 30.7 Å². The number of rotatable bonds is 4. The lowest BCUT2D eigenvalue weighted by Crippen LogP contribution is -2.51. The molecule has 1 saturated heterocycles. The van der Waals surface area contributed by atoms with Crippen LogP contribution in [0.15, 0.2) is 18.2 Å². The number of benzene rings is 1. The second-order valence-corrected chi connectivity index (χ2v) is 5.26. The summed E-state index contributed by atoms with van der Waals surface area (Å²) in [7, 11) is 0. The molecule has 0 amide bonds. The summed E-state index contributed by atoms with van der Waals surface area (Å²) in [5.41, 5.74) is 6.93. The summed E-state index contributed by atoms with van der Waals surface area (Å²) in [5.74, 6) is -0.397. The van der Waals surface area contributed by atoms with E-state index in [4.69, 9.17) is 22.1 Å². The molecule has 0 saturated carbocycles. The van der Waals surface area contributed by atoms with Crippen LogP contribution in [-0.2, 0) is 11.2 Å². The maximum absolute atomic E-state index is 13.4. The second kappa shape index (κ2) is 6.66. The van der Waals surface area contributed by atoms with Crippen molar-refractivity contribution in [3.63, 3.8) is 0 Å². The van der Waals surface area contributed by atoms with Crippen LogP contribution in [0.1, 0.15) is 12.5 Å². The highest BCUT2D eigenvalue weighted by Crippen LogP contribution is 2.22. The number of ether oxygens (including phenoxy) is 1. The average Bonchev–Trinajstić information content (AvgIpc) is 2.44. The second-order valence-electron chi connectivity index (χ2n) is 4.88. The van der Waals surface area contributed by atoms with Crippen molar-refractivity contribution in [3.8, 4) is 0 Å². The summed E-state index contributed by atoms with van der Waals surface area (Å²) < 4.78 is 19.1. The van der Waals surface area contributed by atoms with Gasteiger partial charge in [0.1, 0.15) is 5.82 Å². The van der Waals surface area contributed by atoms with Crippen LogP contribution in [0.2, 0.25) is 5.02 Å². The van der Waals surface area contributed by atoms with Crippen LogP contribution in [0.5, 0.6) is 0 Å². The van der Waals surface area contributed by atoms with E-state index in [0.717, 1.165) is 25.2 Å². The van der Waals surface area contributed by atoms with E-state index in [0.29, 0.717) is 13.0 Å². The molecule has 0 radical (unpaired) electrons. The number of halogens is 2. The summed E-state index contributed by atoms with van der Waals surface area (Å²) in [6.07, 6.45) is 0.506. The lowest BCUT2D eigenvalue weighted by atomic mass is 10.0. The third kappa shape index (κ3) is 3.66. The Balaban J connectivity index is 2.00. The number of hydrogen-bond donors (Lipinski definition) is 1. The van der Waals surface area contributed by atoms with Gasteiger partial charge in [-0.3, -0.25) is 4.90 Å².